The molecule has 0 saturated carbocycles. The highest BCUT2D eigenvalue weighted by atomic mass is 32.1. The first-order chi connectivity index (χ1) is 6.86. The van der Waals surface area contributed by atoms with Crippen LogP contribution in [0.2, 0.25) is 0 Å². The van der Waals surface area contributed by atoms with E-state index >= 15 is 0 Å². The molecule has 0 atom stereocenters. The van der Waals surface area contributed by atoms with Crippen molar-refractivity contribution in [2.75, 3.05) is 5.01 Å². The van der Waals surface area contributed by atoms with Crippen LogP contribution < -0.4 is 16.1 Å². The van der Waals surface area contributed by atoms with Gasteiger partial charge in [-0.2, -0.15) is 0 Å². The predicted molar refractivity (Wildman–Crippen MR) is 53.3 cm³/mol. The summed E-state index contributed by atoms with van der Waals surface area (Å²) in [5.74, 6) is 0.347. The van der Waals surface area contributed by atoms with Crippen molar-refractivity contribution in [2.24, 2.45) is 10.1 Å². The Labute approximate surface area is 82.9 Å². The zero-order valence-electron chi connectivity index (χ0n) is 6.89. The SMILES string of the molecule is O=C1N=CC2=NNNN2c2sccc21. The van der Waals surface area contributed by atoms with Gasteiger partial charge < -0.3 is 0 Å². The number of hydrazone groups is 1. The highest BCUT2D eigenvalue weighted by Crippen LogP contribution is 2.29. The van der Waals surface area contributed by atoms with Gasteiger partial charge in [0.25, 0.3) is 5.91 Å². The summed E-state index contributed by atoms with van der Waals surface area (Å²) in [4.78, 5) is 15.2. The second-order valence-electron chi connectivity index (χ2n) is 2.73. The van der Waals surface area contributed by atoms with Crippen molar-refractivity contribution in [1.82, 2.24) is 11.1 Å². The minimum absolute atomic E-state index is 0.236. The van der Waals surface area contributed by atoms with E-state index < -0.39 is 0 Å². The summed E-state index contributed by atoms with van der Waals surface area (Å²) in [6.45, 7) is 0. The third kappa shape index (κ3) is 0.903. The van der Waals surface area contributed by atoms with Crippen molar-refractivity contribution in [3.05, 3.63) is 17.0 Å². The molecular weight excluding hydrogens is 202 g/mol. The van der Waals surface area contributed by atoms with E-state index in [-0.39, 0.29) is 5.91 Å². The molecule has 1 aromatic rings. The number of carbonyl (C=O) groups is 1. The lowest BCUT2D eigenvalue weighted by Crippen LogP contribution is -2.41. The summed E-state index contributed by atoms with van der Waals surface area (Å²) in [6, 6.07) is 1.75. The van der Waals surface area contributed by atoms with Gasteiger partial charge in [-0.3, -0.25) is 4.79 Å². The van der Waals surface area contributed by atoms with Crippen LogP contribution in [0, 0.1) is 0 Å². The largest absolute Gasteiger partial charge is 0.280 e. The zero-order valence-corrected chi connectivity index (χ0v) is 7.71. The fourth-order valence-corrected chi connectivity index (χ4v) is 2.16. The molecule has 2 N–H and O–H groups in total. The molecule has 0 unspecified atom stereocenters. The number of amides is 1. The maximum Gasteiger partial charge on any atom is 0.280 e. The van der Waals surface area contributed by atoms with Gasteiger partial charge in [-0.25, -0.2) is 15.5 Å². The van der Waals surface area contributed by atoms with Crippen molar-refractivity contribution in [2.45, 2.75) is 0 Å². The molecule has 7 heteroatoms. The van der Waals surface area contributed by atoms with E-state index in [1.807, 2.05) is 5.38 Å². The summed E-state index contributed by atoms with van der Waals surface area (Å²) >= 11 is 1.46. The molecule has 0 saturated heterocycles. The van der Waals surface area contributed by atoms with Crippen LogP contribution in [0.15, 0.2) is 21.5 Å². The van der Waals surface area contributed by atoms with Gasteiger partial charge in [0.15, 0.2) is 5.84 Å². The number of aliphatic imine (C=N–C) groups is 1. The molecular formula is C7H5N5OS. The summed E-state index contributed by atoms with van der Waals surface area (Å²) in [5.41, 5.74) is 6.00. The molecule has 1 amide bonds. The van der Waals surface area contributed by atoms with Gasteiger partial charge >= 0.3 is 0 Å². The third-order valence-electron chi connectivity index (χ3n) is 1.94. The van der Waals surface area contributed by atoms with Gasteiger partial charge in [0.1, 0.15) is 5.00 Å². The predicted octanol–water partition coefficient (Wildman–Crippen LogP) is 0.115. The van der Waals surface area contributed by atoms with Gasteiger partial charge in [0.05, 0.1) is 11.8 Å². The van der Waals surface area contributed by atoms with Crippen LogP contribution in [-0.4, -0.2) is 18.0 Å². The van der Waals surface area contributed by atoms with Crippen LogP contribution in [-0.2, 0) is 0 Å². The Bertz CT molecular complexity index is 462. The van der Waals surface area contributed by atoms with Crippen LogP contribution in [0.4, 0.5) is 5.00 Å². The van der Waals surface area contributed by atoms with Gasteiger partial charge in [-0.15, -0.1) is 22.0 Å². The molecule has 6 nitrogen and oxygen atoms in total. The first kappa shape index (κ1) is 7.65. The van der Waals surface area contributed by atoms with E-state index in [2.05, 4.69) is 21.2 Å². The van der Waals surface area contributed by atoms with Crippen molar-refractivity contribution in [1.29, 1.82) is 0 Å². The standard InChI is InChI=1S/C7H5N5OS/c13-6-4-1-2-14-7(4)12-5(3-8-6)9-10-11-12/h1-3,10-11H. The Morgan fingerprint density at radius 2 is 2.43 bits per heavy atom. The number of nitrogens with zero attached hydrogens (tertiary/aromatic N) is 3. The lowest BCUT2D eigenvalue weighted by Gasteiger charge is -2.13. The number of hydrazine groups is 2. The molecule has 0 fully saturated rings. The fraction of sp³-hybridized carbons (Fsp3) is 0. The molecule has 2 aliphatic rings. The van der Waals surface area contributed by atoms with E-state index in [4.69, 9.17) is 0 Å². The third-order valence-corrected chi connectivity index (χ3v) is 2.83. The molecule has 0 aromatic carbocycles. The van der Waals surface area contributed by atoms with Crippen LogP contribution in [0.5, 0.6) is 0 Å². The van der Waals surface area contributed by atoms with E-state index in [0.29, 0.717) is 11.4 Å². The van der Waals surface area contributed by atoms with Crippen molar-refractivity contribution < 1.29 is 4.79 Å². The van der Waals surface area contributed by atoms with E-state index in [0.717, 1.165) is 5.00 Å². The van der Waals surface area contributed by atoms with Gasteiger partial charge in [-0.05, 0) is 11.4 Å². The lowest BCUT2D eigenvalue weighted by molar-refractivity contribution is 0.100. The summed E-state index contributed by atoms with van der Waals surface area (Å²) in [6.07, 6.45) is 1.43. The highest BCUT2D eigenvalue weighted by Gasteiger charge is 2.26. The number of nitrogens with one attached hydrogen (secondary N) is 2. The molecule has 2 aliphatic heterocycles. The second kappa shape index (κ2) is 2.63. The molecule has 70 valence electrons. The number of carbonyl (C=O) groups excluding carboxylic acids is 1. The van der Waals surface area contributed by atoms with Crippen LogP contribution in [0.1, 0.15) is 10.4 Å². The summed E-state index contributed by atoms with van der Waals surface area (Å²) in [5, 5.41) is 8.26. The van der Waals surface area contributed by atoms with E-state index in [9.17, 15) is 4.79 Å². The Morgan fingerprint density at radius 3 is 3.36 bits per heavy atom. The second-order valence-corrected chi connectivity index (χ2v) is 3.63. The minimum atomic E-state index is -0.236. The lowest BCUT2D eigenvalue weighted by atomic mass is 10.3. The smallest absolute Gasteiger partial charge is 0.267 e. The first-order valence-corrected chi connectivity index (χ1v) is 4.78. The number of fused-ring (bicyclic) bond motifs is 3. The Balaban J connectivity index is 2.22. The number of hydrogen-bond acceptors (Lipinski definition) is 6. The Hall–Kier alpha value is -1.73. The monoisotopic (exact) mass is 207 g/mol. The molecule has 3 rings (SSSR count). The first-order valence-electron chi connectivity index (χ1n) is 3.90. The van der Waals surface area contributed by atoms with Crippen LogP contribution >= 0.6 is 11.3 Å². The maximum absolute atomic E-state index is 11.5. The van der Waals surface area contributed by atoms with Crippen LogP contribution in [0.3, 0.4) is 0 Å². The van der Waals surface area contributed by atoms with Gasteiger partial charge in [0.2, 0.25) is 0 Å². The number of rotatable bonds is 0. The van der Waals surface area contributed by atoms with E-state index in [1.54, 1.807) is 11.1 Å². The Morgan fingerprint density at radius 1 is 1.50 bits per heavy atom. The summed E-state index contributed by atoms with van der Waals surface area (Å²) in [7, 11) is 0. The van der Waals surface area contributed by atoms with Crippen molar-refractivity contribution >= 4 is 34.3 Å². The average molecular weight is 207 g/mol. The van der Waals surface area contributed by atoms with Gasteiger partial charge in [-0.1, -0.05) is 0 Å². The highest BCUT2D eigenvalue weighted by molar-refractivity contribution is 7.15. The van der Waals surface area contributed by atoms with Crippen molar-refractivity contribution in [3.8, 4) is 0 Å². The average Bonchev–Trinajstić information content (AvgIpc) is 2.80. The maximum atomic E-state index is 11.5. The zero-order chi connectivity index (χ0) is 9.54. The fourth-order valence-electron chi connectivity index (χ4n) is 1.30. The van der Waals surface area contributed by atoms with Crippen LogP contribution in [0.25, 0.3) is 0 Å². The number of thiophene rings is 1. The molecule has 1 aromatic heterocycles. The normalized spacial score (nSPS) is 18.4. The minimum Gasteiger partial charge on any atom is -0.267 e. The summed E-state index contributed by atoms with van der Waals surface area (Å²) < 4.78 is 0. The molecule has 0 spiro atoms. The number of hydrogen-bond donors (Lipinski definition) is 2. The molecule has 3 heterocycles. The quantitative estimate of drug-likeness (QED) is 0.633. The molecule has 0 bridgehead atoms. The topological polar surface area (TPSA) is 69.1 Å². The molecule has 0 aliphatic carbocycles. The van der Waals surface area contributed by atoms with Gasteiger partial charge in [0, 0.05) is 0 Å². The van der Waals surface area contributed by atoms with E-state index in [1.165, 1.54) is 17.6 Å². The Kier molecular flexibility index (Phi) is 1.44. The number of amidine groups is 1. The number of anilines is 1. The molecule has 14 heavy (non-hydrogen) atoms. The molecule has 0 radical (unpaired) electrons. The van der Waals surface area contributed by atoms with Crippen molar-refractivity contribution in [3.63, 3.8) is 0 Å².